The second-order valence-corrected chi connectivity index (χ2v) is 3.53. The Morgan fingerprint density at radius 3 is 2.53 bits per heavy atom. The molecule has 0 aliphatic heterocycles. The number of hydrogen-bond donors (Lipinski definition) is 2. The van der Waals surface area contributed by atoms with Crippen molar-refractivity contribution in [2.24, 2.45) is 14.1 Å². The first-order valence-electron chi connectivity index (χ1n) is 4.83. The maximum absolute atomic E-state index is 11.9. The number of nitrogens with zero attached hydrogens (tertiary/aromatic N) is 6. The van der Waals surface area contributed by atoms with Crippen LogP contribution in [0.15, 0.2) is 0 Å². The molecule has 0 bridgehead atoms. The van der Waals surface area contributed by atoms with Gasteiger partial charge in [-0.15, -0.1) is 5.10 Å². The second-order valence-electron chi connectivity index (χ2n) is 3.53. The van der Waals surface area contributed by atoms with E-state index in [1.807, 2.05) is 0 Å². The molecule has 0 aliphatic rings. The number of anilines is 2. The topological polar surface area (TPSA) is 117 Å². The van der Waals surface area contributed by atoms with Gasteiger partial charge in [0.2, 0.25) is 0 Å². The van der Waals surface area contributed by atoms with Gasteiger partial charge in [0.25, 0.3) is 11.9 Å². The fourth-order valence-electron chi connectivity index (χ4n) is 1.44. The summed E-state index contributed by atoms with van der Waals surface area (Å²) in [5.41, 5.74) is 6.97. The summed E-state index contributed by atoms with van der Waals surface area (Å²) < 4.78 is 1.41. The second kappa shape index (κ2) is 3.85. The normalized spacial score (nSPS) is 10.5. The molecule has 0 saturated heterocycles. The lowest BCUT2D eigenvalue weighted by molar-refractivity contribution is 0.101. The SMILES string of the molecule is Cc1nn(C)c(C(=O)Nc2nnn(C)n2)c1N. The van der Waals surface area contributed by atoms with Gasteiger partial charge in [0.15, 0.2) is 0 Å². The summed E-state index contributed by atoms with van der Waals surface area (Å²) >= 11 is 0. The molecule has 0 atom stereocenters. The van der Waals surface area contributed by atoms with Gasteiger partial charge in [-0.1, -0.05) is 5.10 Å². The van der Waals surface area contributed by atoms with Gasteiger partial charge in [-0.05, 0) is 12.1 Å². The largest absolute Gasteiger partial charge is 0.395 e. The van der Waals surface area contributed by atoms with Gasteiger partial charge >= 0.3 is 0 Å². The molecule has 1 amide bonds. The van der Waals surface area contributed by atoms with Crippen molar-refractivity contribution in [3.05, 3.63) is 11.4 Å². The van der Waals surface area contributed by atoms with Crippen LogP contribution in [0.2, 0.25) is 0 Å². The first-order chi connectivity index (χ1) is 7.99. The summed E-state index contributed by atoms with van der Waals surface area (Å²) in [6, 6.07) is 0. The first kappa shape index (κ1) is 11.0. The van der Waals surface area contributed by atoms with Gasteiger partial charge in [-0.2, -0.15) is 9.90 Å². The number of nitrogens with two attached hydrogens (primary N) is 1. The van der Waals surface area contributed by atoms with E-state index in [1.165, 1.54) is 9.48 Å². The fourth-order valence-corrected chi connectivity index (χ4v) is 1.44. The summed E-state index contributed by atoms with van der Waals surface area (Å²) in [6.45, 7) is 1.73. The van der Waals surface area contributed by atoms with Gasteiger partial charge in [-0.25, -0.2) is 0 Å². The number of rotatable bonds is 2. The smallest absolute Gasteiger partial charge is 0.278 e. The molecule has 0 saturated carbocycles. The Morgan fingerprint density at radius 1 is 1.35 bits per heavy atom. The number of carbonyl (C=O) groups excluding carboxylic acids is 1. The molecule has 2 aromatic heterocycles. The lowest BCUT2D eigenvalue weighted by Crippen LogP contribution is -2.18. The van der Waals surface area contributed by atoms with E-state index in [2.05, 4.69) is 25.8 Å². The van der Waals surface area contributed by atoms with E-state index in [0.29, 0.717) is 11.4 Å². The molecule has 0 aromatic carbocycles. The number of aryl methyl sites for hydroxylation is 3. The molecule has 2 heterocycles. The molecule has 9 nitrogen and oxygen atoms in total. The van der Waals surface area contributed by atoms with Crippen molar-refractivity contribution < 1.29 is 4.79 Å². The van der Waals surface area contributed by atoms with Crippen LogP contribution in [0, 0.1) is 6.92 Å². The summed E-state index contributed by atoms with van der Waals surface area (Å²) in [7, 11) is 3.24. The highest BCUT2D eigenvalue weighted by Gasteiger charge is 2.19. The number of aromatic nitrogens is 6. The van der Waals surface area contributed by atoms with E-state index in [4.69, 9.17) is 5.73 Å². The Labute approximate surface area is 96.6 Å². The number of hydrogen-bond acceptors (Lipinski definition) is 6. The zero-order valence-corrected chi connectivity index (χ0v) is 9.67. The molecule has 2 aromatic rings. The number of amides is 1. The predicted molar refractivity (Wildman–Crippen MR) is 59.1 cm³/mol. The van der Waals surface area contributed by atoms with Crippen LogP contribution in [0.3, 0.4) is 0 Å². The minimum atomic E-state index is -0.418. The summed E-state index contributed by atoms with van der Waals surface area (Å²) in [4.78, 5) is 13.2. The molecular weight excluding hydrogens is 224 g/mol. The number of nitrogen functional groups attached to an aromatic ring is 1. The average molecular weight is 236 g/mol. The van der Waals surface area contributed by atoms with Gasteiger partial charge in [-0.3, -0.25) is 14.8 Å². The highest BCUT2D eigenvalue weighted by atomic mass is 16.2. The maximum atomic E-state index is 11.9. The number of tetrazole rings is 1. The predicted octanol–water partition coefficient (Wildman–Crippen LogP) is -0.913. The third-order valence-corrected chi connectivity index (χ3v) is 2.22. The molecule has 0 unspecified atom stereocenters. The van der Waals surface area contributed by atoms with E-state index in [-0.39, 0.29) is 11.6 Å². The molecule has 0 spiro atoms. The third-order valence-electron chi connectivity index (χ3n) is 2.22. The van der Waals surface area contributed by atoms with E-state index < -0.39 is 5.91 Å². The standard InChI is InChI=1S/C8H12N8O/c1-4-5(9)6(15(2)12-4)7(17)10-8-11-14-16(3)13-8/h9H2,1-3H3,(H,10,13,17). The van der Waals surface area contributed by atoms with Crippen LogP contribution in [0.4, 0.5) is 11.6 Å². The molecule has 3 N–H and O–H groups in total. The fraction of sp³-hybridized carbons (Fsp3) is 0.375. The van der Waals surface area contributed by atoms with Crippen molar-refractivity contribution in [1.29, 1.82) is 0 Å². The Kier molecular flexibility index (Phi) is 2.50. The van der Waals surface area contributed by atoms with Crippen LogP contribution in [-0.4, -0.2) is 35.9 Å². The van der Waals surface area contributed by atoms with Gasteiger partial charge < -0.3 is 5.73 Å². The van der Waals surface area contributed by atoms with Crippen molar-refractivity contribution in [2.75, 3.05) is 11.1 Å². The van der Waals surface area contributed by atoms with E-state index in [9.17, 15) is 4.79 Å². The number of carbonyl (C=O) groups is 1. The Morgan fingerprint density at radius 2 is 2.06 bits per heavy atom. The molecule has 90 valence electrons. The molecule has 17 heavy (non-hydrogen) atoms. The summed E-state index contributed by atoms with van der Waals surface area (Å²) in [5, 5.41) is 17.6. The van der Waals surface area contributed by atoms with Crippen molar-refractivity contribution >= 4 is 17.5 Å². The molecule has 0 radical (unpaired) electrons. The average Bonchev–Trinajstić information content (AvgIpc) is 2.73. The maximum Gasteiger partial charge on any atom is 0.278 e. The van der Waals surface area contributed by atoms with Gasteiger partial charge in [0.1, 0.15) is 5.69 Å². The summed E-state index contributed by atoms with van der Waals surface area (Å²) in [5.74, 6) is -0.297. The van der Waals surface area contributed by atoms with Crippen molar-refractivity contribution in [3.63, 3.8) is 0 Å². The lowest BCUT2D eigenvalue weighted by atomic mass is 10.3. The Balaban J connectivity index is 2.26. The van der Waals surface area contributed by atoms with Gasteiger partial charge in [0.05, 0.1) is 18.4 Å². The third kappa shape index (κ3) is 1.94. The van der Waals surface area contributed by atoms with Gasteiger partial charge in [0, 0.05) is 7.05 Å². The minimum absolute atomic E-state index is 0.121. The minimum Gasteiger partial charge on any atom is -0.395 e. The van der Waals surface area contributed by atoms with E-state index in [0.717, 1.165) is 0 Å². The Hall–Kier alpha value is -2.45. The zero-order valence-electron chi connectivity index (χ0n) is 9.67. The summed E-state index contributed by atoms with van der Waals surface area (Å²) in [6.07, 6.45) is 0. The quantitative estimate of drug-likeness (QED) is 0.697. The van der Waals surface area contributed by atoms with Crippen molar-refractivity contribution in [2.45, 2.75) is 6.92 Å². The highest BCUT2D eigenvalue weighted by molar-refractivity contribution is 6.05. The zero-order chi connectivity index (χ0) is 12.6. The molecule has 0 fully saturated rings. The van der Waals surface area contributed by atoms with Crippen molar-refractivity contribution in [1.82, 2.24) is 30.0 Å². The number of nitrogens with one attached hydrogen (secondary N) is 1. The van der Waals surface area contributed by atoms with Crippen LogP contribution in [0.5, 0.6) is 0 Å². The molecule has 2 rings (SSSR count). The Bertz CT molecular complexity index is 568. The van der Waals surface area contributed by atoms with Crippen LogP contribution in [0.1, 0.15) is 16.2 Å². The molecular formula is C8H12N8O. The van der Waals surface area contributed by atoms with Crippen LogP contribution in [-0.2, 0) is 14.1 Å². The van der Waals surface area contributed by atoms with Crippen LogP contribution < -0.4 is 11.1 Å². The highest BCUT2D eigenvalue weighted by Crippen LogP contribution is 2.15. The van der Waals surface area contributed by atoms with Crippen LogP contribution in [0.25, 0.3) is 0 Å². The molecule has 9 heteroatoms. The van der Waals surface area contributed by atoms with Crippen LogP contribution >= 0.6 is 0 Å². The lowest BCUT2D eigenvalue weighted by Gasteiger charge is -2.01. The molecule has 0 aliphatic carbocycles. The van der Waals surface area contributed by atoms with Crippen molar-refractivity contribution in [3.8, 4) is 0 Å². The monoisotopic (exact) mass is 236 g/mol. The van der Waals surface area contributed by atoms with E-state index >= 15 is 0 Å². The van der Waals surface area contributed by atoms with E-state index in [1.54, 1.807) is 21.0 Å². The first-order valence-corrected chi connectivity index (χ1v) is 4.83.